The first-order chi connectivity index (χ1) is 13.1. The van der Waals surface area contributed by atoms with Crippen molar-refractivity contribution in [2.24, 2.45) is 17.3 Å². The van der Waals surface area contributed by atoms with E-state index in [9.17, 15) is 14.7 Å². The number of fused-ring (bicyclic) bond motifs is 5. The highest BCUT2D eigenvalue weighted by molar-refractivity contribution is 5.69. The first-order valence-electron chi connectivity index (χ1n) is 10.3. The van der Waals surface area contributed by atoms with Crippen molar-refractivity contribution in [3.8, 4) is 5.75 Å². The molecule has 1 aromatic rings. The summed E-state index contributed by atoms with van der Waals surface area (Å²) in [5, 5.41) is 11.6. The molecule has 152 valence electrons. The predicted octanol–water partition coefficient (Wildman–Crippen LogP) is 3.76. The van der Waals surface area contributed by atoms with E-state index in [2.05, 4.69) is 6.92 Å². The van der Waals surface area contributed by atoms with Crippen LogP contribution in [0.2, 0.25) is 0 Å². The maximum Gasteiger partial charge on any atom is 0.308 e. The van der Waals surface area contributed by atoms with Crippen LogP contribution in [0.3, 0.4) is 0 Å². The van der Waals surface area contributed by atoms with Gasteiger partial charge in [-0.15, -0.1) is 0 Å². The maximum absolute atomic E-state index is 11.6. The minimum Gasteiger partial charge on any atom is -0.462 e. The highest BCUT2D eigenvalue weighted by Crippen LogP contribution is 2.64. The lowest BCUT2D eigenvalue weighted by Crippen LogP contribution is -2.55. The molecule has 5 heteroatoms. The first-order valence-corrected chi connectivity index (χ1v) is 10.3. The maximum atomic E-state index is 11.6. The van der Waals surface area contributed by atoms with E-state index in [1.807, 2.05) is 25.1 Å². The Bertz CT molecular complexity index is 813. The van der Waals surface area contributed by atoms with E-state index < -0.39 is 5.60 Å². The molecule has 4 rings (SSSR count). The summed E-state index contributed by atoms with van der Waals surface area (Å²) in [6, 6.07) is 5.82. The van der Waals surface area contributed by atoms with Gasteiger partial charge in [-0.05, 0) is 74.1 Å². The second kappa shape index (κ2) is 6.58. The molecule has 0 amide bonds. The Hall–Kier alpha value is -1.88. The number of ether oxygens (including phenoxy) is 2. The molecular formula is C23H30O5. The van der Waals surface area contributed by atoms with E-state index >= 15 is 0 Å². The fourth-order valence-corrected chi connectivity index (χ4v) is 6.73. The Balaban J connectivity index is 1.69. The molecule has 28 heavy (non-hydrogen) atoms. The Morgan fingerprint density at radius 3 is 2.54 bits per heavy atom. The van der Waals surface area contributed by atoms with Crippen LogP contribution < -0.4 is 4.74 Å². The van der Waals surface area contributed by atoms with Gasteiger partial charge >= 0.3 is 11.9 Å². The van der Waals surface area contributed by atoms with Crippen LogP contribution in [0.1, 0.15) is 70.4 Å². The van der Waals surface area contributed by atoms with E-state index in [1.54, 1.807) is 0 Å². The second-order valence-electron chi connectivity index (χ2n) is 9.46. The van der Waals surface area contributed by atoms with E-state index in [0.717, 1.165) is 25.7 Å². The van der Waals surface area contributed by atoms with Crippen LogP contribution in [0.15, 0.2) is 18.2 Å². The van der Waals surface area contributed by atoms with Gasteiger partial charge in [-0.3, -0.25) is 9.59 Å². The van der Waals surface area contributed by atoms with Crippen molar-refractivity contribution >= 4 is 11.9 Å². The van der Waals surface area contributed by atoms with Crippen molar-refractivity contribution in [3.63, 3.8) is 0 Å². The molecule has 2 saturated carbocycles. The summed E-state index contributed by atoms with van der Waals surface area (Å²) in [7, 11) is 0. The lowest BCUT2D eigenvalue weighted by molar-refractivity contribution is -0.166. The van der Waals surface area contributed by atoms with Crippen molar-refractivity contribution < 1.29 is 24.2 Å². The number of hydrogen-bond acceptors (Lipinski definition) is 5. The molecule has 5 unspecified atom stereocenters. The zero-order valence-electron chi connectivity index (χ0n) is 17.2. The number of benzene rings is 1. The van der Waals surface area contributed by atoms with Crippen LogP contribution in [-0.4, -0.2) is 28.8 Å². The summed E-state index contributed by atoms with van der Waals surface area (Å²) >= 11 is 0. The quantitative estimate of drug-likeness (QED) is 0.619. The van der Waals surface area contributed by atoms with Gasteiger partial charge < -0.3 is 14.6 Å². The van der Waals surface area contributed by atoms with Crippen molar-refractivity contribution in [1.29, 1.82) is 0 Å². The average Bonchev–Trinajstić information content (AvgIpc) is 2.88. The monoisotopic (exact) mass is 386 g/mol. The van der Waals surface area contributed by atoms with Gasteiger partial charge in [-0.1, -0.05) is 13.0 Å². The third kappa shape index (κ3) is 3.04. The van der Waals surface area contributed by atoms with Crippen LogP contribution in [0.5, 0.6) is 5.75 Å². The fraction of sp³-hybridized carbons (Fsp3) is 0.652. The first kappa shape index (κ1) is 19.4. The summed E-state index contributed by atoms with van der Waals surface area (Å²) in [5.41, 5.74) is 1.27. The van der Waals surface area contributed by atoms with Gasteiger partial charge in [0, 0.05) is 25.2 Å². The van der Waals surface area contributed by atoms with Crippen LogP contribution >= 0.6 is 0 Å². The van der Waals surface area contributed by atoms with Crippen LogP contribution in [0.25, 0.3) is 0 Å². The van der Waals surface area contributed by atoms with E-state index in [4.69, 9.17) is 9.47 Å². The molecule has 0 aromatic heterocycles. The second-order valence-corrected chi connectivity index (χ2v) is 9.46. The molecular weight excluding hydrogens is 356 g/mol. The molecule has 0 radical (unpaired) electrons. The lowest BCUT2D eigenvalue weighted by Gasteiger charge is -2.56. The SMILES string of the molecule is CC(=O)Oc1ccc2c(c1)CCC1C3CCC(OC(C)=O)C3(C)C[C@](C)(O)C21. The van der Waals surface area contributed by atoms with Crippen LogP contribution in [0.4, 0.5) is 0 Å². The standard InChI is InChI=1S/C23H30O5/c1-13(24)27-16-6-8-17-15(11-16)5-7-18-19-9-10-20(28-14(2)25)22(19,3)12-23(4,26)21(17)18/h6,8,11,18-21,26H,5,7,9-10,12H2,1-4H3/t18?,19?,20?,21?,22?,23-/m0/s1. The molecule has 0 saturated heterocycles. The topological polar surface area (TPSA) is 72.8 Å². The summed E-state index contributed by atoms with van der Waals surface area (Å²) in [5.74, 6) is 0.861. The van der Waals surface area contributed by atoms with Crippen LogP contribution in [-0.2, 0) is 20.7 Å². The van der Waals surface area contributed by atoms with Crippen molar-refractivity contribution in [2.45, 2.75) is 77.4 Å². The van der Waals surface area contributed by atoms with Gasteiger partial charge in [0.25, 0.3) is 0 Å². The van der Waals surface area contributed by atoms with E-state index in [1.165, 1.54) is 25.0 Å². The normalized spacial score (nSPS) is 38.8. The molecule has 0 spiro atoms. The number of aryl methyl sites for hydroxylation is 1. The molecule has 3 aliphatic rings. The number of esters is 2. The fourth-order valence-electron chi connectivity index (χ4n) is 6.73. The average molecular weight is 386 g/mol. The highest BCUT2D eigenvalue weighted by Gasteiger charge is 2.62. The summed E-state index contributed by atoms with van der Waals surface area (Å²) < 4.78 is 10.9. The molecule has 0 heterocycles. The largest absolute Gasteiger partial charge is 0.462 e. The lowest BCUT2D eigenvalue weighted by atomic mass is 9.50. The van der Waals surface area contributed by atoms with E-state index in [0.29, 0.717) is 24.0 Å². The van der Waals surface area contributed by atoms with Crippen molar-refractivity contribution in [2.75, 3.05) is 0 Å². The highest BCUT2D eigenvalue weighted by atomic mass is 16.5. The summed E-state index contributed by atoms with van der Waals surface area (Å²) in [4.78, 5) is 22.9. The van der Waals surface area contributed by atoms with E-state index in [-0.39, 0.29) is 29.4 Å². The Morgan fingerprint density at radius 2 is 1.86 bits per heavy atom. The Labute approximate surface area is 166 Å². The smallest absolute Gasteiger partial charge is 0.308 e. The number of carbonyl (C=O) groups is 2. The number of rotatable bonds is 2. The molecule has 5 nitrogen and oxygen atoms in total. The van der Waals surface area contributed by atoms with Gasteiger partial charge in [0.1, 0.15) is 11.9 Å². The molecule has 3 aliphatic carbocycles. The van der Waals surface area contributed by atoms with Gasteiger partial charge in [0.05, 0.1) is 5.60 Å². The Kier molecular flexibility index (Phi) is 4.57. The minimum atomic E-state index is -0.878. The van der Waals surface area contributed by atoms with Gasteiger partial charge in [0.2, 0.25) is 0 Å². The Morgan fingerprint density at radius 1 is 1.11 bits per heavy atom. The minimum absolute atomic E-state index is 0.0526. The van der Waals surface area contributed by atoms with Crippen molar-refractivity contribution in [1.82, 2.24) is 0 Å². The molecule has 1 aromatic carbocycles. The zero-order valence-corrected chi connectivity index (χ0v) is 17.2. The van der Waals surface area contributed by atoms with Crippen LogP contribution in [0, 0.1) is 17.3 Å². The molecule has 2 fully saturated rings. The number of carbonyl (C=O) groups excluding carboxylic acids is 2. The molecule has 0 aliphatic heterocycles. The molecule has 1 N–H and O–H groups in total. The van der Waals surface area contributed by atoms with Gasteiger partial charge in [-0.2, -0.15) is 0 Å². The number of aliphatic hydroxyl groups is 1. The van der Waals surface area contributed by atoms with Crippen molar-refractivity contribution in [3.05, 3.63) is 29.3 Å². The summed E-state index contributed by atoms with van der Waals surface area (Å²) in [6.45, 7) is 7.01. The zero-order chi connectivity index (χ0) is 20.3. The third-order valence-corrected chi connectivity index (χ3v) is 7.44. The van der Waals surface area contributed by atoms with Gasteiger partial charge in [0.15, 0.2) is 0 Å². The number of hydrogen-bond donors (Lipinski definition) is 1. The van der Waals surface area contributed by atoms with Gasteiger partial charge in [-0.25, -0.2) is 0 Å². The molecule has 6 atom stereocenters. The third-order valence-electron chi connectivity index (χ3n) is 7.44. The summed E-state index contributed by atoms with van der Waals surface area (Å²) in [6.07, 6.45) is 4.31. The predicted molar refractivity (Wildman–Crippen MR) is 104 cm³/mol. The molecule has 0 bridgehead atoms.